The summed E-state index contributed by atoms with van der Waals surface area (Å²) in [6.45, 7) is 2.27. The van der Waals surface area contributed by atoms with Crippen molar-refractivity contribution in [1.29, 1.82) is 0 Å². The number of alkyl halides is 1. The van der Waals surface area contributed by atoms with E-state index in [0.717, 1.165) is 36.6 Å². The first-order valence-corrected chi connectivity index (χ1v) is 7.06. The third-order valence-corrected chi connectivity index (χ3v) is 3.93. The summed E-state index contributed by atoms with van der Waals surface area (Å²) in [7, 11) is 0. The molecule has 0 bridgehead atoms. The van der Waals surface area contributed by atoms with E-state index in [0.29, 0.717) is 0 Å². The minimum absolute atomic E-state index is 0.135. The SMILES string of the molecule is Clc1ccnc(CC[C@H](Cl)N2CCCCC2)c1. The largest absolute Gasteiger partial charge is 0.287 e. The number of halogens is 2. The maximum Gasteiger partial charge on any atom is 0.0854 e. The van der Waals surface area contributed by atoms with Gasteiger partial charge in [-0.05, 0) is 50.9 Å². The smallest absolute Gasteiger partial charge is 0.0854 e. The molecule has 1 saturated heterocycles. The van der Waals surface area contributed by atoms with E-state index in [1.807, 2.05) is 6.07 Å². The van der Waals surface area contributed by atoms with E-state index in [9.17, 15) is 0 Å². The monoisotopic (exact) mass is 272 g/mol. The van der Waals surface area contributed by atoms with Gasteiger partial charge < -0.3 is 0 Å². The Morgan fingerprint density at radius 1 is 1.29 bits per heavy atom. The number of aromatic nitrogens is 1. The summed E-state index contributed by atoms with van der Waals surface area (Å²) < 4.78 is 0. The molecule has 0 saturated carbocycles. The van der Waals surface area contributed by atoms with Gasteiger partial charge in [-0.3, -0.25) is 9.88 Å². The van der Waals surface area contributed by atoms with Crippen LogP contribution in [0.15, 0.2) is 18.3 Å². The van der Waals surface area contributed by atoms with E-state index >= 15 is 0 Å². The van der Waals surface area contributed by atoms with Crippen LogP contribution < -0.4 is 0 Å². The summed E-state index contributed by atoms with van der Waals surface area (Å²) in [6, 6.07) is 3.72. The van der Waals surface area contributed by atoms with Crippen LogP contribution in [-0.2, 0) is 6.42 Å². The van der Waals surface area contributed by atoms with Crippen molar-refractivity contribution < 1.29 is 0 Å². The molecule has 2 rings (SSSR count). The fourth-order valence-corrected chi connectivity index (χ4v) is 2.72. The molecule has 94 valence electrons. The van der Waals surface area contributed by atoms with E-state index in [1.54, 1.807) is 12.3 Å². The second-order valence-corrected chi connectivity index (χ2v) is 5.48. The molecule has 1 fully saturated rings. The van der Waals surface area contributed by atoms with Crippen molar-refractivity contribution in [2.75, 3.05) is 13.1 Å². The Morgan fingerprint density at radius 3 is 2.76 bits per heavy atom. The molecule has 1 aromatic heterocycles. The number of hydrogen-bond acceptors (Lipinski definition) is 2. The van der Waals surface area contributed by atoms with Crippen LogP contribution in [0, 0.1) is 0 Å². The average molecular weight is 273 g/mol. The average Bonchev–Trinajstić information content (AvgIpc) is 2.37. The molecule has 0 unspecified atom stereocenters. The van der Waals surface area contributed by atoms with Crippen LogP contribution in [0.25, 0.3) is 0 Å². The summed E-state index contributed by atoms with van der Waals surface area (Å²) in [5.41, 5.74) is 1.16. The van der Waals surface area contributed by atoms with Crippen molar-refractivity contribution in [2.24, 2.45) is 0 Å². The zero-order chi connectivity index (χ0) is 12.1. The van der Waals surface area contributed by atoms with Gasteiger partial charge in [-0.2, -0.15) is 0 Å². The Labute approximate surface area is 113 Å². The normalized spacial score (nSPS) is 19.2. The van der Waals surface area contributed by atoms with Gasteiger partial charge in [0.05, 0.1) is 5.50 Å². The molecule has 1 atom stereocenters. The lowest BCUT2D eigenvalue weighted by Gasteiger charge is -2.30. The van der Waals surface area contributed by atoms with Gasteiger partial charge in [-0.25, -0.2) is 0 Å². The Hall–Kier alpha value is -0.310. The van der Waals surface area contributed by atoms with E-state index in [2.05, 4.69) is 9.88 Å². The van der Waals surface area contributed by atoms with Crippen molar-refractivity contribution in [3.05, 3.63) is 29.0 Å². The predicted molar refractivity (Wildman–Crippen MR) is 72.6 cm³/mol. The fraction of sp³-hybridized carbons (Fsp3) is 0.615. The van der Waals surface area contributed by atoms with Crippen LogP contribution in [-0.4, -0.2) is 28.5 Å². The highest BCUT2D eigenvalue weighted by Crippen LogP contribution is 2.19. The maximum atomic E-state index is 6.41. The topological polar surface area (TPSA) is 16.1 Å². The highest BCUT2D eigenvalue weighted by atomic mass is 35.5. The molecule has 2 nitrogen and oxygen atoms in total. The van der Waals surface area contributed by atoms with Crippen LogP contribution >= 0.6 is 23.2 Å². The fourth-order valence-electron chi connectivity index (χ4n) is 2.23. The lowest BCUT2D eigenvalue weighted by atomic mass is 10.1. The van der Waals surface area contributed by atoms with Crippen LogP contribution in [0.3, 0.4) is 0 Å². The predicted octanol–water partition coefficient (Wildman–Crippen LogP) is 3.72. The number of piperidine rings is 1. The molecule has 1 aliphatic heterocycles. The van der Waals surface area contributed by atoms with Crippen LogP contribution in [0.2, 0.25) is 5.02 Å². The standard InChI is InChI=1S/C13H18Cl2N2/c14-11-6-7-16-12(10-11)4-5-13(15)17-8-2-1-3-9-17/h6-7,10,13H,1-5,8-9H2/t13-/m1/s1. The molecule has 0 aliphatic carbocycles. The summed E-state index contributed by atoms with van der Waals surface area (Å²) in [5, 5.41) is 0.749. The second-order valence-electron chi connectivity index (χ2n) is 4.54. The third kappa shape index (κ3) is 4.13. The first kappa shape index (κ1) is 13.1. The van der Waals surface area contributed by atoms with Crippen molar-refractivity contribution in [3.8, 4) is 0 Å². The molecule has 4 heteroatoms. The number of nitrogens with zero attached hydrogens (tertiary/aromatic N) is 2. The van der Waals surface area contributed by atoms with Gasteiger partial charge in [0.2, 0.25) is 0 Å². The second kappa shape index (κ2) is 6.58. The summed E-state index contributed by atoms with van der Waals surface area (Å²) in [5.74, 6) is 0. The van der Waals surface area contributed by atoms with Crippen molar-refractivity contribution in [3.63, 3.8) is 0 Å². The molecule has 1 aliphatic rings. The number of aryl methyl sites for hydroxylation is 1. The van der Waals surface area contributed by atoms with Crippen LogP contribution in [0.4, 0.5) is 0 Å². The van der Waals surface area contributed by atoms with Gasteiger partial charge in [-0.1, -0.05) is 18.0 Å². The van der Waals surface area contributed by atoms with Gasteiger partial charge in [-0.15, -0.1) is 11.6 Å². The summed E-state index contributed by atoms with van der Waals surface area (Å²) >= 11 is 12.3. The van der Waals surface area contributed by atoms with Crippen LogP contribution in [0.5, 0.6) is 0 Å². The molecule has 0 spiro atoms. The first-order chi connectivity index (χ1) is 8.25. The molecule has 0 aromatic carbocycles. The minimum Gasteiger partial charge on any atom is -0.287 e. The molecule has 2 heterocycles. The highest BCUT2D eigenvalue weighted by molar-refractivity contribution is 6.30. The van der Waals surface area contributed by atoms with Gasteiger partial charge >= 0.3 is 0 Å². The highest BCUT2D eigenvalue weighted by Gasteiger charge is 2.18. The molecular formula is C13H18Cl2N2. The quantitative estimate of drug-likeness (QED) is 0.614. The zero-order valence-electron chi connectivity index (χ0n) is 9.91. The van der Waals surface area contributed by atoms with E-state index in [1.165, 1.54) is 19.3 Å². The summed E-state index contributed by atoms with van der Waals surface area (Å²) in [4.78, 5) is 6.67. The molecule has 0 N–H and O–H groups in total. The Bertz CT molecular complexity index is 351. The Balaban J connectivity index is 1.80. The zero-order valence-corrected chi connectivity index (χ0v) is 11.4. The molecular weight excluding hydrogens is 255 g/mol. The van der Waals surface area contributed by atoms with Crippen molar-refractivity contribution in [1.82, 2.24) is 9.88 Å². The molecule has 0 amide bonds. The first-order valence-electron chi connectivity index (χ1n) is 6.24. The van der Waals surface area contributed by atoms with Gasteiger partial charge in [0, 0.05) is 16.9 Å². The number of likely N-dealkylation sites (tertiary alicyclic amines) is 1. The lowest BCUT2D eigenvalue weighted by Crippen LogP contribution is -2.36. The van der Waals surface area contributed by atoms with Crippen molar-refractivity contribution in [2.45, 2.75) is 37.6 Å². The number of rotatable bonds is 4. The number of hydrogen-bond donors (Lipinski definition) is 0. The minimum atomic E-state index is 0.135. The lowest BCUT2D eigenvalue weighted by molar-refractivity contribution is 0.203. The molecule has 0 radical (unpaired) electrons. The van der Waals surface area contributed by atoms with Crippen molar-refractivity contribution >= 4 is 23.2 Å². The summed E-state index contributed by atoms with van der Waals surface area (Å²) in [6.07, 6.45) is 7.48. The molecule has 1 aromatic rings. The maximum absolute atomic E-state index is 6.41. The number of pyridine rings is 1. The van der Waals surface area contributed by atoms with Gasteiger partial charge in [0.1, 0.15) is 0 Å². The molecule has 17 heavy (non-hydrogen) atoms. The van der Waals surface area contributed by atoms with Gasteiger partial charge in [0.15, 0.2) is 0 Å². The third-order valence-electron chi connectivity index (χ3n) is 3.20. The Kier molecular flexibility index (Phi) is 5.08. The van der Waals surface area contributed by atoms with Crippen LogP contribution in [0.1, 0.15) is 31.4 Å². The van der Waals surface area contributed by atoms with Gasteiger partial charge in [0.25, 0.3) is 0 Å². The Morgan fingerprint density at radius 2 is 2.06 bits per heavy atom. The van der Waals surface area contributed by atoms with E-state index in [4.69, 9.17) is 23.2 Å². The van der Waals surface area contributed by atoms with E-state index < -0.39 is 0 Å². The van der Waals surface area contributed by atoms with E-state index in [-0.39, 0.29) is 5.50 Å².